The molecular formula is C25H18Cl3NO4S. The standard InChI is InChI=1S/C25H18Cl3NO4S/c1-32-21-11-16(10-20(28)23(21)33-14-17-4-2-3-5-19(17)27)12-22-24(30)29(25(31)34-22)13-15-6-8-18(26)9-7-15/h2-12H,13-14H2,1H3/b22-12-. The van der Waals surface area contributed by atoms with Crippen molar-refractivity contribution in [2.24, 2.45) is 0 Å². The first-order chi connectivity index (χ1) is 16.4. The third-order valence-corrected chi connectivity index (χ3v) is 6.82. The molecule has 0 spiro atoms. The average Bonchev–Trinajstić information content (AvgIpc) is 3.07. The number of hydrogen-bond acceptors (Lipinski definition) is 5. The summed E-state index contributed by atoms with van der Waals surface area (Å²) in [4.78, 5) is 26.8. The van der Waals surface area contributed by atoms with Crippen molar-refractivity contribution in [3.8, 4) is 11.5 Å². The van der Waals surface area contributed by atoms with Gasteiger partial charge in [-0.3, -0.25) is 14.5 Å². The molecule has 0 radical (unpaired) electrons. The second-order valence-electron chi connectivity index (χ2n) is 7.31. The van der Waals surface area contributed by atoms with Crippen molar-refractivity contribution >= 4 is 63.8 Å². The first-order valence-corrected chi connectivity index (χ1v) is 12.0. The minimum Gasteiger partial charge on any atom is -0.493 e. The lowest BCUT2D eigenvalue weighted by Crippen LogP contribution is -2.27. The monoisotopic (exact) mass is 533 g/mol. The van der Waals surface area contributed by atoms with Crippen molar-refractivity contribution in [1.82, 2.24) is 4.90 Å². The summed E-state index contributed by atoms with van der Waals surface area (Å²) in [5.41, 5.74) is 2.21. The van der Waals surface area contributed by atoms with E-state index in [2.05, 4.69) is 0 Å². The van der Waals surface area contributed by atoms with Gasteiger partial charge in [0.25, 0.3) is 11.1 Å². The molecule has 1 aliphatic heterocycles. The molecule has 9 heteroatoms. The molecule has 3 aromatic carbocycles. The molecular weight excluding hydrogens is 517 g/mol. The SMILES string of the molecule is COc1cc(/C=C2\SC(=O)N(Cc3ccc(Cl)cc3)C2=O)cc(Cl)c1OCc1ccccc1Cl. The molecule has 4 rings (SSSR count). The van der Waals surface area contributed by atoms with Crippen LogP contribution in [0.15, 0.2) is 65.6 Å². The van der Waals surface area contributed by atoms with Crippen molar-refractivity contribution in [3.05, 3.63) is 97.3 Å². The van der Waals surface area contributed by atoms with E-state index < -0.39 is 0 Å². The zero-order valence-corrected chi connectivity index (χ0v) is 21.0. The number of nitrogens with zero attached hydrogens (tertiary/aromatic N) is 1. The van der Waals surface area contributed by atoms with Crippen LogP contribution < -0.4 is 9.47 Å². The van der Waals surface area contributed by atoms with Gasteiger partial charge in [0.2, 0.25) is 0 Å². The summed E-state index contributed by atoms with van der Waals surface area (Å²) >= 11 is 19.5. The highest BCUT2D eigenvalue weighted by Gasteiger charge is 2.35. The maximum Gasteiger partial charge on any atom is 0.293 e. The van der Waals surface area contributed by atoms with Gasteiger partial charge >= 0.3 is 0 Å². The predicted octanol–water partition coefficient (Wildman–Crippen LogP) is 7.47. The van der Waals surface area contributed by atoms with Gasteiger partial charge in [-0.15, -0.1) is 0 Å². The number of carbonyl (C=O) groups is 2. The van der Waals surface area contributed by atoms with E-state index in [4.69, 9.17) is 44.3 Å². The maximum atomic E-state index is 12.9. The van der Waals surface area contributed by atoms with Gasteiger partial charge in [0.1, 0.15) is 6.61 Å². The first kappa shape index (κ1) is 24.5. The fourth-order valence-electron chi connectivity index (χ4n) is 3.29. The minimum absolute atomic E-state index is 0.165. The maximum absolute atomic E-state index is 12.9. The molecule has 3 aromatic rings. The second kappa shape index (κ2) is 10.7. The highest BCUT2D eigenvalue weighted by atomic mass is 35.5. The summed E-state index contributed by atoms with van der Waals surface area (Å²) in [6, 6.07) is 17.7. The molecule has 0 aliphatic carbocycles. The van der Waals surface area contributed by atoms with Gasteiger partial charge in [-0.25, -0.2) is 0 Å². The lowest BCUT2D eigenvalue weighted by molar-refractivity contribution is -0.123. The Kier molecular flexibility index (Phi) is 7.73. The van der Waals surface area contributed by atoms with Crippen LogP contribution in [0.25, 0.3) is 6.08 Å². The van der Waals surface area contributed by atoms with Crippen molar-refractivity contribution in [2.75, 3.05) is 7.11 Å². The van der Waals surface area contributed by atoms with Crippen LogP contribution in [-0.2, 0) is 17.9 Å². The molecule has 0 N–H and O–H groups in total. The number of benzene rings is 3. The van der Waals surface area contributed by atoms with Crippen LogP contribution in [0.2, 0.25) is 15.1 Å². The van der Waals surface area contributed by atoms with E-state index in [1.807, 2.05) is 18.2 Å². The van der Waals surface area contributed by atoms with Crippen LogP contribution in [0.5, 0.6) is 11.5 Å². The number of halogens is 3. The van der Waals surface area contributed by atoms with Crippen LogP contribution >= 0.6 is 46.6 Å². The molecule has 1 fully saturated rings. The van der Waals surface area contributed by atoms with Crippen molar-refractivity contribution in [2.45, 2.75) is 13.2 Å². The Morgan fingerprint density at radius 2 is 1.71 bits per heavy atom. The summed E-state index contributed by atoms with van der Waals surface area (Å²) < 4.78 is 11.3. The van der Waals surface area contributed by atoms with E-state index in [-0.39, 0.29) is 24.3 Å². The number of imide groups is 1. The smallest absolute Gasteiger partial charge is 0.293 e. The zero-order chi connectivity index (χ0) is 24.2. The number of methoxy groups -OCH3 is 1. The minimum atomic E-state index is -0.376. The van der Waals surface area contributed by atoms with Gasteiger partial charge < -0.3 is 9.47 Å². The van der Waals surface area contributed by atoms with E-state index in [0.29, 0.717) is 37.0 Å². The Morgan fingerprint density at radius 3 is 2.41 bits per heavy atom. The number of ether oxygens (including phenoxy) is 2. The molecule has 0 atom stereocenters. The molecule has 5 nitrogen and oxygen atoms in total. The number of rotatable bonds is 7. The van der Waals surface area contributed by atoms with E-state index in [1.54, 1.807) is 48.5 Å². The lowest BCUT2D eigenvalue weighted by atomic mass is 10.1. The molecule has 34 heavy (non-hydrogen) atoms. The molecule has 0 bridgehead atoms. The van der Waals surface area contributed by atoms with Crippen molar-refractivity contribution < 1.29 is 19.1 Å². The normalized spacial score (nSPS) is 14.7. The van der Waals surface area contributed by atoms with Gasteiger partial charge in [0.05, 0.1) is 23.6 Å². The van der Waals surface area contributed by atoms with Crippen molar-refractivity contribution in [3.63, 3.8) is 0 Å². The molecule has 1 aliphatic rings. The Morgan fingerprint density at radius 1 is 0.971 bits per heavy atom. The third-order valence-electron chi connectivity index (χ3n) is 5.01. The highest BCUT2D eigenvalue weighted by molar-refractivity contribution is 8.18. The largest absolute Gasteiger partial charge is 0.493 e. The van der Waals surface area contributed by atoms with Crippen LogP contribution in [0.1, 0.15) is 16.7 Å². The lowest BCUT2D eigenvalue weighted by Gasteiger charge is -2.14. The Bertz CT molecular complexity index is 1280. The molecule has 1 saturated heterocycles. The summed E-state index contributed by atoms with van der Waals surface area (Å²) in [7, 11) is 1.50. The van der Waals surface area contributed by atoms with Gasteiger partial charge in [-0.2, -0.15) is 0 Å². The van der Waals surface area contributed by atoms with Crippen LogP contribution in [-0.4, -0.2) is 23.2 Å². The predicted molar refractivity (Wildman–Crippen MR) is 137 cm³/mol. The average molecular weight is 535 g/mol. The number of thioether (sulfide) groups is 1. The van der Waals surface area contributed by atoms with Gasteiger partial charge in [0.15, 0.2) is 11.5 Å². The number of amides is 2. The third kappa shape index (κ3) is 5.53. The molecule has 0 unspecified atom stereocenters. The van der Waals surface area contributed by atoms with Gasteiger partial charge in [-0.1, -0.05) is 65.1 Å². The number of hydrogen-bond donors (Lipinski definition) is 0. The fraction of sp³-hybridized carbons (Fsp3) is 0.120. The molecule has 2 amide bonds. The zero-order valence-electron chi connectivity index (χ0n) is 17.9. The van der Waals surface area contributed by atoms with Crippen LogP contribution in [0.4, 0.5) is 4.79 Å². The fourth-order valence-corrected chi connectivity index (χ4v) is 4.72. The van der Waals surface area contributed by atoms with Crippen LogP contribution in [0.3, 0.4) is 0 Å². The van der Waals surface area contributed by atoms with E-state index in [9.17, 15) is 9.59 Å². The quantitative estimate of drug-likeness (QED) is 0.294. The summed E-state index contributed by atoms with van der Waals surface area (Å²) in [5.74, 6) is 0.377. The van der Waals surface area contributed by atoms with E-state index in [1.165, 1.54) is 12.0 Å². The van der Waals surface area contributed by atoms with Crippen LogP contribution in [0, 0.1) is 0 Å². The molecule has 1 heterocycles. The summed E-state index contributed by atoms with van der Waals surface area (Å²) in [6.45, 7) is 0.372. The summed E-state index contributed by atoms with van der Waals surface area (Å²) in [5, 5.41) is 1.13. The molecule has 174 valence electrons. The Balaban J connectivity index is 1.53. The van der Waals surface area contributed by atoms with E-state index in [0.717, 1.165) is 22.9 Å². The van der Waals surface area contributed by atoms with E-state index >= 15 is 0 Å². The number of carbonyl (C=O) groups excluding carboxylic acids is 2. The molecule has 0 aromatic heterocycles. The molecule has 0 saturated carbocycles. The Labute approximate surface area is 216 Å². The van der Waals surface area contributed by atoms with Gasteiger partial charge in [0, 0.05) is 15.6 Å². The highest BCUT2D eigenvalue weighted by Crippen LogP contribution is 2.39. The van der Waals surface area contributed by atoms with Crippen molar-refractivity contribution in [1.29, 1.82) is 0 Å². The first-order valence-electron chi connectivity index (χ1n) is 10.1. The second-order valence-corrected chi connectivity index (χ2v) is 9.55. The van der Waals surface area contributed by atoms with Gasteiger partial charge in [-0.05, 0) is 59.3 Å². The Hall–Kier alpha value is -2.64. The summed E-state index contributed by atoms with van der Waals surface area (Å²) in [6.07, 6.45) is 1.61. The topological polar surface area (TPSA) is 55.8 Å².